The lowest BCUT2D eigenvalue weighted by Crippen LogP contribution is -2.23. The fraction of sp³-hybridized carbons (Fsp3) is 0.316. The third kappa shape index (κ3) is 3.31. The summed E-state index contributed by atoms with van der Waals surface area (Å²) < 4.78 is 34.9. The molecule has 2 aromatic heterocycles. The Morgan fingerprint density at radius 3 is 2.68 bits per heavy atom. The van der Waals surface area contributed by atoms with E-state index in [0.717, 1.165) is 30.4 Å². The van der Waals surface area contributed by atoms with Crippen LogP contribution in [0.4, 0.5) is 14.5 Å². The minimum atomic E-state index is -0.650. The third-order valence-electron chi connectivity index (χ3n) is 4.58. The van der Waals surface area contributed by atoms with Crippen LogP contribution in [0.1, 0.15) is 38.1 Å². The number of hydrogen-bond donors (Lipinski definition) is 0. The molecular formula is C19H18F2N2OS. The molecule has 0 saturated heterocycles. The molecule has 1 fully saturated rings. The highest BCUT2D eigenvalue weighted by Gasteiger charge is 2.21. The smallest absolute Gasteiger partial charge is 0.190 e. The van der Waals surface area contributed by atoms with Gasteiger partial charge in [-0.1, -0.05) is 19.3 Å². The van der Waals surface area contributed by atoms with Gasteiger partial charge in [-0.25, -0.2) is 13.8 Å². The van der Waals surface area contributed by atoms with Crippen molar-refractivity contribution in [3.8, 4) is 11.5 Å². The van der Waals surface area contributed by atoms with Crippen molar-refractivity contribution in [3.63, 3.8) is 0 Å². The molecule has 2 heterocycles. The molecule has 3 aromatic rings. The fourth-order valence-corrected chi connectivity index (χ4v) is 4.33. The van der Waals surface area contributed by atoms with E-state index in [4.69, 9.17) is 4.42 Å². The van der Waals surface area contributed by atoms with Gasteiger partial charge >= 0.3 is 0 Å². The van der Waals surface area contributed by atoms with Crippen molar-refractivity contribution >= 4 is 17.0 Å². The van der Waals surface area contributed by atoms with Crippen molar-refractivity contribution in [2.75, 3.05) is 0 Å². The Balaban J connectivity index is 1.86. The van der Waals surface area contributed by atoms with Crippen LogP contribution in [0.15, 0.2) is 51.4 Å². The largest absolute Gasteiger partial charge is 0.463 e. The highest BCUT2D eigenvalue weighted by molar-refractivity contribution is 7.07. The molecule has 0 unspecified atom stereocenters. The van der Waals surface area contributed by atoms with E-state index in [0.29, 0.717) is 10.8 Å². The summed E-state index contributed by atoms with van der Waals surface area (Å²) in [6, 6.07) is 7.57. The van der Waals surface area contributed by atoms with Gasteiger partial charge in [0, 0.05) is 17.5 Å². The molecule has 1 aromatic carbocycles. The van der Waals surface area contributed by atoms with E-state index < -0.39 is 11.6 Å². The van der Waals surface area contributed by atoms with E-state index in [2.05, 4.69) is 9.56 Å². The monoisotopic (exact) mass is 360 g/mol. The van der Waals surface area contributed by atoms with E-state index in [1.807, 2.05) is 17.5 Å². The van der Waals surface area contributed by atoms with Crippen molar-refractivity contribution in [1.29, 1.82) is 0 Å². The first-order valence-corrected chi connectivity index (χ1v) is 9.34. The number of furan rings is 1. The molecule has 1 aliphatic rings. The molecule has 1 aliphatic carbocycles. The Hall–Kier alpha value is -2.21. The van der Waals surface area contributed by atoms with E-state index in [9.17, 15) is 8.78 Å². The zero-order chi connectivity index (χ0) is 17.2. The molecule has 0 bridgehead atoms. The van der Waals surface area contributed by atoms with Crippen LogP contribution in [0.5, 0.6) is 0 Å². The Morgan fingerprint density at radius 1 is 1.12 bits per heavy atom. The van der Waals surface area contributed by atoms with Gasteiger partial charge in [0.2, 0.25) is 0 Å². The normalized spacial score (nSPS) is 16.5. The Morgan fingerprint density at radius 2 is 1.96 bits per heavy atom. The maximum absolute atomic E-state index is 14.0. The molecule has 0 radical (unpaired) electrons. The summed E-state index contributed by atoms with van der Waals surface area (Å²) in [5, 5.41) is 1.99. The zero-order valence-corrected chi connectivity index (χ0v) is 14.4. The fourth-order valence-electron chi connectivity index (χ4n) is 3.37. The average Bonchev–Trinajstić information content (AvgIpc) is 3.27. The number of halogens is 2. The van der Waals surface area contributed by atoms with Crippen LogP contribution in [-0.2, 0) is 0 Å². The molecule has 3 nitrogen and oxygen atoms in total. The number of rotatable bonds is 3. The van der Waals surface area contributed by atoms with Crippen LogP contribution in [0.3, 0.4) is 0 Å². The van der Waals surface area contributed by atoms with Crippen LogP contribution in [0.25, 0.3) is 11.5 Å². The summed E-state index contributed by atoms with van der Waals surface area (Å²) in [6.07, 6.45) is 7.39. The number of thiazole rings is 1. The standard InChI is InChI=1S/C19H18F2N2OS/c20-13-8-9-16(15(21)11-13)22-19-23(14-5-2-1-3-6-14)17(12-25-19)18-7-4-10-24-18/h4,7-12,14H,1-3,5-6H2. The molecule has 1 saturated carbocycles. The van der Waals surface area contributed by atoms with Crippen molar-refractivity contribution in [2.24, 2.45) is 4.99 Å². The van der Waals surface area contributed by atoms with Gasteiger partial charge in [0.15, 0.2) is 16.4 Å². The lowest BCUT2D eigenvalue weighted by molar-refractivity contribution is 0.349. The maximum atomic E-state index is 14.0. The van der Waals surface area contributed by atoms with E-state index >= 15 is 0 Å². The van der Waals surface area contributed by atoms with Gasteiger partial charge < -0.3 is 8.98 Å². The zero-order valence-electron chi connectivity index (χ0n) is 13.6. The molecule has 0 N–H and O–H groups in total. The third-order valence-corrected chi connectivity index (χ3v) is 5.42. The molecule has 4 rings (SSSR count). The Kier molecular flexibility index (Phi) is 4.53. The molecule has 25 heavy (non-hydrogen) atoms. The van der Waals surface area contributed by atoms with Crippen LogP contribution in [-0.4, -0.2) is 4.57 Å². The summed E-state index contributed by atoms with van der Waals surface area (Å²) in [5.74, 6) is -0.468. The molecule has 0 spiro atoms. The van der Waals surface area contributed by atoms with E-state index in [1.165, 1.54) is 42.7 Å². The second-order valence-electron chi connectivity index (χ2n) is 6.25. The lowest BCUT2D eigenvalue weighted by Gasteiger charge is -2.24. The molecule has 0 atom stereocenters. The van der Waals surface area contributed by atoms with Crippen LogP contribution < -0.4 is 4.80 Å². The van der Waals surface area contributed by atoms with Crippen LogP contribution in [0.2, 0.25) is 0 Å². The van der Waals surface area contributed by atoms with Crippen LogP contribution in [0, 0.1) is 11.6 Å². The van der Waals surface area contributed by atoms with Gasteiger partial charge in [-0.05, 0) is 37.1 Å². The summed E-state index contributed by atoms with van der Waals surface area (Å²) >= 11 is 1.45. The predicted molar refractivity (Wildman–Crippen MR) is 93.7 cm³/mol. The minimum absolute atomic E-state index is 0.152. The van der Waals surface area contributed by atoms with Crippen molar-refractivity contribution in [2.45, 2.75) is 38.1 Å². The summed E-state index contributed by atoms with van der Waals surface area (Å²) in [5.41, 5.74) is 1.11. The number of nitrogens with zero attached hydrogens (tertiary/aromatic N) is 2. The second kappa shape index (κ2) is 6.96. The quantitative estimate of drug-likeness (QED) is 0.578. The Labute approximate surface area is 148 Å². The van der Waals surface area contributed by atoms with Gasteiger partial charge in [-0.15, -0.1) is 11.3 Å². The maximum Gasteiger partial charge on any atom is 0.190 e. The van der Waals surface area contributed by atoms with Gasteiger partial charge in [0.05, 0.1) is 12.0 Å². The molecule has 6 heteroatoms. The van der Waals surface area contributed by atoms with Crippen LogP contribution >= 0.6 is 11.3 Å². The summed E-state index contributed by atoms with van der Waals surface area (Å²) in [7, 11) is 0. The van der Waals surface area contributed by atoms with Gasteiger partial charge in [-0.2, -0.15) is 0 Å². The number of benzene rings is 1. The second-order valence-corrected chi connectivity index (χ2v) is 7.09. The molecule has 130 valence electrons. The lowest BCUT2D eigenvalue weighted by atomic mass is 9.95. The number of aromatic nitrogens is 1. The first kappa shape index (κ1) is 16.3. The van der Waals surface area contributed by atoms with Gasteiger partial charge in [-0.3, -0.25) is 0 Å². The predicted octanol–water partition coefficient (Wildman–Crippen LogP) is 5.83. The Bertz CT molecular complexity index is 921. The van der Waals surface area contributed by atoms with E-state index in [-0.39, 0.29) is 5.69 Å². The molecular weight excluding hydrogens is 342 g/mol. The van der Waals surface area contributed by atoms with E-state index in [1.54, 1.807) is 6.26 Å². The summed E-state index contributed by atoms with van der Waals surface area (Å²) in [4.78, 5) is 5.20. The van der Waals surface area contributed by atoms with Crippen molar-refractivity contribution in [3.05, 3.63) is 58.4 Å². The first-order valence-electron chi connectivity index (χ1n) is 8.46. The number of hydrogen-bond acceptors (Lipinski definition) is 3. The van der Waals surface area contributed by atoms with Crippen molar-refractivity contribution < 1.29 is 13.2 Å². The van der Waals surface area contributed by atoms with Gasteiger partial charge in [0.1, 0.15) is 11.5 Å². The van der Waals surface area contributed by atoms with Gasteiger partial charge in [0.25, 0.3) is 0 Å². The molecule has 0 aliphatic heterocycles. The highest BCUT2D eigenvalue weighted by atomic mass is 32.1. The SMILES string of the molecule is Fc1ccc(N=c2scc(-c3ccco3)n2C2CCCCC2)c(F)c1. The topological polar surface area (TPSA) is 30.4 Å². The average molecular weight is 360 g/mol. The molecule has 0 amide bonds. The highest BCUT2D eigenvalue weighted by Crippen LogP contribution is 2.32. The van der Waals surface area contributed by atoms with Crippen molar-refractivity contribution in [1.82, 2.24) is 4.57 Å². The minimum Gasteiger partial charge on any atom is -0.463 e. The first-order chi connectivity index (χ1) is 12.2. The summed E-state index contributed by atoms with van der Waals surface area (Å²) in [6.45, 7) is 0.